The van der Waals surface area contributed by atoms with Gasteiger partial charge in [-0.2, -0.15) is 10.2 Å². The minimum atomic E-state index is 0.379. The average molecular weight is 250 g/mol. The molecule has 0 amide bonds. The van der Waals surface area contributed by atoms with Gasteiger partial charge in [-0.1, -0.05) is 11.6 Å². The largest absolute Gasteiger partial charge is 0.497 e. The van der Waals surface area contributed by atoms with E-state index in [1.54, 1.807) is 13.2 Å². The molecule has 1 aromatic heterocycles. The molecule has 2 rings (SSSR count). The van der Waals surface area contributed by atoms with E-state index in [1.807, 2.05) is 24.3 Å². The van der Waals surface area contributed by atoms with Crippen LogP contribution in [0.3, 0.4) is 0 Å². The van der Waals surface area contributed by atoms with Crippen molar-refractivity contribution in [2.75, 3.05) is 7.11 Å². The van der Waals surface area contributed by atoms with Crippen molar-refractivity contribution in [2.24, 2.45) is 5.73 Å². The quantitative estimate of drug-likeness (QED) is 0.907. The summed E-state index contributed by atoms with van der Waals surface area (Å²) >= 11 is 6.14. The minimum absolute atomic E-state index is 0.379. The topological polar surface area (TPSA) is 61.0 Å². The van der Waals surface area contributed by atoms with E-state index in [0.29, 0.717) is 17.3 Å². The molecule has 17 heavy (non-hydrogen) atoms. The van der Waals surface area contributed by atoms with Crippen molar-refractivity contribution in [3.8, 4) is 17.0 Å². The predicted molar refractivity (Wildman–Crippen MR) is 66.9 cm³/mol. The highest BCUT2D eigenvalue weighted by Crippen LogP contribution is 2.29. The van der Waals surface area contributed by atoms with Crippen molar-refractivity contribution in [3.63, 3.8) is 0 Å². The molecule has 0 fully saturated rings. The minimum Gasteiger partial charge on any atom is -0.497 e. The molecule has 0 spiro atoms. The molecule has 88 valence electrons. The molecule has 0 bridgehead atoms. The van der Waals surface area contributed by atoms with Gasteiger partial charge in [0.05, 0.1) is 23.5 Å². The van der Waals surface area contributed by atoms with Crippen LogP contribution in [0.4, 0.5) is 0 Å². The third-order valence-corrected chi connectivity index (χ3v) is 2.69. The van der Waals surface area contributed by atoms with Crippen molar-refractivity contribution in [1.29, 1.82) is 0 Å². The maximum Gasteiger partial charge on any atom is 0.120 e. The van der Waals surface area contributed by atoms with Gasteiger partial charge in [-0.25, -0.2) is 0 Å². The molecule has 2 aromatic rings. The van der Waals surface area contributed by atoms with Crippen LogP contribution in [0.1, 0.15) is 5.69 Å². The van der Waals surface area contributed by atoms with Gasteiger partial charge in [-0.05, 0) is 30.3 Å². The maximum absolute atomic E-state index is 6.14. The number of halogens is 1. The van der Waals surface area contributed by atoms with Crippen LogP contribution in [-0.2, 0) is 6.54 Å². The maximum atomic E-state index is 6.14. The monoisotopic (exact) mass is 249 g/mol. The molecule has 2 N–H and O–H groups in total. The first kappa shape index (κ1) is 11.8. The number of ether oxygens (including phenoxy) is 1. The first-order valence-corrected chi connectivity index (χ1v) is 5.49. The fraction of sp³-hybridized carbons (Fsp3) is 0.167. The molecule has 0 unspecified atom stereocenters. The number of benzene rings is 1. The lowest BCUT2D eigenvalue weighted by molar-refractivity contribution is 0.415. The lowest BCUT2D eigenvalue weighted by Crippen LogP contribution is -2.01. The Hall–Kier alpha value is -1.65. The van der Waals surface area contributed by atoms with Crippen LogP contribution in [-0.4, -0.2) is 17.3 Å². The molecule has 1 aromatic carbocycles. The zero-order valence-corrected chi connectivity index (χ0v) is 10.1. The van der Waals surface area contributed by atoms with Crippen molar-refractivity contribution >= 4 is 11.6 Å². The average Bonchev–Trinajstić information content (AvgIpc) is 2.39. The van der Waals surface area contributed by atoms with Crippen molar-refractivity contribution in [3.05, 3.63) is 41.0 Å². The van der Waals surface area contributed by atoms with Crippen LogP contribution in [0.2, 0.25) is 5.02 Å². The van der Waals surface area contributed by atoms with E-state index < -0.39 is 0 Å². The van der Waals surface area contributed by atoms with E-state index in [4.69, 9.17) is 22.1 Å². The Morgan fingerprint density at radius 1 is 1.24 bits per heavy atom. The molecule has 0 saturated heterocycles. The Kier molecular flexibility index (Phi) is 3.56. The molecular formula is C12H12ClN3O. The summed E-state index contributed by atoms with van der Waals surface area (Å²) in [5, 5.41) is 8.66. The van der Waals surface area contributed by atoms with E-state index >= 15 is 0 Å². The Morgan fingerprint density at radius 3 is 2.59 bits per heavy atom. The van der Waals surface area contributed by atoms with Gasteiger partial charge in [-0.15, -0.1) is 0 Å². The highest BCUT2D eigenvalue weighted by Gasteiger charge is 2.06. The Labute approximate surface area is 104 Å². The summed E-state index contributed by atoms with van der Waals surface area (Å²) < 4.78 is 5.09. The summed E-state index contributed by atoms with van der Waals surface area (Å²) in [6.45, 7) is 0.379. The molecule has 0 aliphatic heterocycles. The fourth-order valence-electron chi connectivity index (χ4n) is 1.44. The molecule has 1 heterocycles. The van der Waals surface area contributed by atoms with Crippen molar-refractivity contribution in [2.45, 2.75) is 6.54 Å². The van der Waals surface area contributed by atoms with E-state index in [0.717, 1.165) is 17.0 Å². The normalized spacial score (nSPS) is 10.3. The van der Waals surface area contributed by atoms with Gasteiger partial charge in [0, 0.05) is 12.1 Å². The summed E-state index contributed by atoms with van der Waals surface area (Å²) in [6.07, 6.45) is 0. The molecule has 0 saturated carbocycles. The fourth-order valence-corrected chi connectivity index (χ4v) is 1.71. The first-order chi connectivity index (χ1) is 8.24. The molecular weight excluding hydrogens is 238 g/mol. The molecule has 0 radical (unpaired) electrons. The second-order valence-corrected chi connectivity index (χ2v) is 3.87. The van der Waals surface area contributed by atoms with Crippen LogP contribution < -0.4 is 10.5 Å². The Balaban J connectivity index is 2.38. The van der Waals surface area contributed by atoms with Crippen molar-refractivity contribution < 1.29 is 4.74 Å². The summed E-state index contributed by atoms with van der Waals surface area (Å²) in [4.78, 5) is 0. The lowest BCUT2D eigenvalue weighted by Gasteiger charge is -2.06. The van der Waals surface area contributed by atoms with Crippen LogP contribution >= 0.6 is 11.6 Å². The van der Waals surface area contributed by atoms with Crippen LogP contribution in [0.5, 0.6) is 5.75 Å². The number of nitrogens with two attached hydrogens (primary N) is 1. The number of aromatic nitrogens is 2. The zero-order valence-electron chi connectivity index (χ0n) is 9.35. The van der Waals surface area contributed by atoms with Crippen LogP contribution in [0.25, 0.3) is 11.3 Å². The summed E-state index contributed by atoms with van der Waals surface area (Å²) in [5.41, 5.74) is 7.75. The number of methoxy groups -OCH3 is 1. The van der Waals surface area contributed by atoms with Gasteiger partial charge in [0.15, 0.2) is 0 Å². The first-order valence-electron chi connectivity index (χ1n) is 5.11. The van der Waals surface area contributed by atoms with E-state index in [2.05, 4.69) is 10.2 Å². The molecule has 5 heteroatoms. The van der Waals surface area contributed by atoms with E-state index in [-0.39, 0.29) is 0 Å². The lowest BCUT2D eigenvalue weighted by atomic mass is 10.1. The van der Waals surface area contributed by atoms with Gasteiger partial charge < -0.3 is 10.5 Å². The number of nitrogens with zero attached hydrogens (tertiary/aromatic N) is 2. The van der Waals surface area contributed by atoms with Gasteiger partial charge in [0.1, 0.15) is 5.75 Å². The highest BCUT2D eigenvalue weighted by atomic mass is 35.5. The third-order valence-electron chi connectivity index (χ3n) is 2.38. The smallest absolute Gasteiger partial charge is 0.120 e. The van der Waals surface area contributed by atoms with Crippen LogP contribution in [0, 0.1) is 0 Å². The Morgan fingerprint density at radius 2 is 2.06 bits per heavy atom. The predicted octanol–water partition coefficient (Wildman–Crippen LogP) is 2.26. The summed E-state index contributed by atoms with van der Waals surface area (Å²) in [6, 6.07) is 9.12. The van der Waals surface area contributed by atoms with Gasteiger partial charge in [0.2, 0.25) is 0 Å². The standard InChI is InChI=1S/C12H12ClN3O/c1-17-9-3-4-10(11(13)6-9)12-5-2-8(7-14)15-16-12/h2-6H,7,14H2,1H3. The second-order valence-electron chi connectivity index (χ2n) is 3.46. The van der Waals surface area contributed by atoms with Gasteiger partial charge in [-0.3, -0.25) is 0 Å². The zero-order chi connectivity index (χ0) is 12.3. The third kappa shape index (κ3) is 2.54. The number of rotatable bonds is 3. The molecule has 0 atom stereocenters. The molecule has 0 aliphatic carbocycles. The van der Waals surface area contributed by atoms with Gasteiger partial charge in [0.25, 0.3) is 0 Å². The SMILES string of the molecule is COc1ccc(-c2ccc(CN)nn2)c(Cl)c1. The van der Waals surface area contributed by atoms with E-state index in [9.17, 15) is 0 Å². The van der Waals surface area contributed by atoms with E-state index in [1.165, 1.54) is 0 Å². The summed E-state index contributed by atoms with van der Waals surface area (Å²) in [5.74, 6) is 0.713. The van der Waals surface area contributed by atoms with Crippen molar-refractivity contribution in [1.82, 2.24) is 10.2 Å². The number of hydrogen-bond donors (Lipinski definition) is 1. The summed E-state index contributed by atoms with van der Waals surface area (Å²) in [7, 11) is 1.60. The molecule has 0 aliphatic rings. The Bertz CT molecular complexity index is 514. The molecule has 4 nitrogen and oxygen atoms in total. The highest BCUT2D eigenvalue weighted by molar-refractivity contribution is 6.33. The number of hydrogen-bond acceptors (Lipinski definition) is 4. The van der Waals surface area contributed by atoms with Crippen LogP contribution in [0.15, 0.2) is 30.3 Å². The second kappa shape index (κ2) is 5.12. The van der Waals surface area contributed by atoms with Gasteiger partial charge >= 0.3 is 0 Å².